The molecule has 0 aromatic carbocycles. The highest BCUT2D eigenvalue weighted by molar-refractivity contribution is 5.70. The van der Waals surface area contributed by atoms with Gasteiger partial charge in [-0.05, 0) is 45.3 Å². The molecule has 0 heterocycles. The van der Waals surface area contributed by atoms with E-state index in [1.807, 2.05) is 0 Å². The maximum absolute atomic E-state index is 11.2. The molecule has 0 aliphatic heterocycles. The fourth-order valence-corrected chi connectivity index (χ4v) is 2.01. The number of carbonyl (C=O) groups excluding carboxylic acids is 2. The SMILES string of the molecule is CCCCOC(=O)CCCCC(=O)OCCCC.CCN(CC)CC. The van der Waals surface area contributed by atoms with Crippen molar-refractivity contribution in [2.24, 2.45) is 0 Å². The molecule has 150 valence electrons. The lowest BCUT2D eigenvalue weighted by Gasteiger charge is -2.13. The minimum absolute atomic E-state index is 0.164. The van der Waals surface area contributed by atoms with E-state index in [2.05, 4.69) is 39.5 Å². The number of hydrogen-bond donors (Lipinski definition) is 0. The molecule has 0 saturated carbocycles. The van der Waals surface area contributed by atoms with E-state index in [0.29, 0.717) is 38.9 Å². The summed E-state index contributed by atoms with van der Waals surface area (Å²) in [6, 6.07) is 0. The molecule has 0 aromatic rings. The van der Waals surface area contributed by atoms with E-state index >= 15 is 0 Å². The molecule has 5 nitrogen and oxygen atoms in total. The van der Waals surface area contributed by atoms with Crippen molar-refractivity contribution in [2.75, 3.05) is 32.8 Å². The first-order valence-electron chi connectivity index (χ1n) is 10.1. The summed E-state index contributed by atoms with van der Waals surface area (Å²) in [5, 5.41) is 0. The largest absolute Gasteiger partial charge is 0.466 e. The lowest BCUT2D eigenvalue weighted by Crippen LogP contribution is -2.21. The van der Waals surface area contributed by atoms with E-state index in [0.717, 1.165) is 25.7 Å². The predicted octanol–water partition coefficient (Wildman–Crippen LogP) is 4.58. The Kier molecular flexibility index (Phi) is 21.9. The molecule has 0 fully saturated rings. The third kappa shape index (κ3) is 20.9. The first kappa shape index (κ1) is 26.1. The summed E-state index contributed by atoms with van der Waals surface area (Å²) in [5.41, 5.74) is 0. The maximum Gasteiger partial charge on any atom is 0.305 e. The van der Waals surface area contributed by atoms with Gasteiger partial charge in [0.2, 0.25) is 0 Å². The Morgan fingerprint density at radius 1 is 0.640 bits per heavy atom. The number of hydrogen-bond acceptors (Lipinski definition) is 5. The van der Waals surface area contributed by atoms with Crippen LogP contribution >= 0.6 is 0 Å². The second kappa shape index (κ2) is 20.9. The van der Waals surface area contributed by atoms with Gasteiger partial charge in [-0.25, -0.2) is 0 Å². The Labute approximate surface area is 155 Å². The zero-order valence-corrected chi connectivity index (χ0v) is 17.3. The number of esters is 2. The van der Waals surface area contributed by atoms with E-state index in [9.17, 15) is 9.59 Å². The van der Waals surface area contributed by atoms with Gasteiger partial charge in [0.25, 0.3) is 0 Å². The molecule has 0 bridgehead atoms. The molecule has 0 radical (unpaired) electrons. The topological polar surface area (TPSA) is 55.8 Å². The molecular weight excluding hydrogens is 318 g/mol. The van der Waals surface area contributed by atoms with Crippen LogP contribution in [0.1, 0.15) is 86.0 Å². The molecule has 0 amide bonds. The monoisotopic (exact) mass is 359 g/mol. The Bertz CT molecular complexity index is 275. The molecule has 0 aromatic heterocycles. The van der Waals surface area contributed by atoms with Crippen LogP contribution in [0.2, 0.25) is 0 Å². The van der Waals surface area contributed by atoms with Gasteiger partial charge in [0.15, 0.2) is 0 Å². The molecule has 0 unspecified atom stereocenters. The first-order chi connectivity index (χ1) is 12.0. The van der Waals surface area contributed by atoms with Crippen molar-refractivity contribution >= 4 is 11.9 Å². The van der Waals surface area contributed by atoms with Crippen molar-refractivity contribution < 1.29 is 19.1 Å². The second-order valence-electron chi connectivity index (χ2n) is 5.97. The van der Waals surface area contributed by atoms with Crippen LogP contribution in [0.3, 0.4) is 0 Å². The van der Waals surface area contributed by atoms with Gasteiger partial charge in [0.1, 0.15) is 0 Å². The highest BCUT2D eigenvalue weighted by Gasteiger charge is 2.05. The average molecular weight is 360 g/mol. The lowest BCUT2D eigenvalue weighted by molar-refractivity contribution is -0.146. The smallest absolute Gasteiger partial charge is 0.305 e. The van der Waals surface area contributed by atoms with Crippen LogP contribution in [-0.2, 0) is 19.1 Å². The summed E-state index contributed by atoms with van der Waals surface area (Å²) in [6.07, 6.45) is 6.04. The summed E-state index contributed by atoms with van der Waals surface area (Å²) in [4.78, 5) is 24.8. The minimum atomic E-state index is -0.164. The van der Waals surface area contributed by atoms with E-state index in [-0.39, 0.29) is 11.9 Å². The zero-order valence-electron chi connectivity index (χ0n) is 17.3. The van der Waals surface area contributed by atoms with Gasteiger partial charge in [-0.1, -0.05) is 47.5 Å². The summed E-state index contributed by atoms with van der Waals surface area (Å²) < 4.78 is 10.0. The van der Waals surface area contributed by atoms with Crippen LogP contribution < -0.4 is 0 Å². The minimum Gasteiger partial charge on any atom is -0.466 e. The summed E-state index contributed by atoms with van der Waals surface area (Å²) >= 11 is 0. The third-order valence-electron chi connectivity index (χ3n) is 3.88. The normalized spacial score (nSPS) is 10.2. The number of rotatable bonds is 14. The van der Waals surface area contributed by atoms with Gasteiger partial charge in [-0.15, -0.1) is 0 Å². The maximum atomic E-state index is 11.2. The zero-order chi connectivity index (χ0) is 19.3. The molecule has 0 saturated heterocycles. The van der Waals surface area contributed by atoms with Crippen LogP contribution in [0.5, 0.6) is 0 Å². The summed E-state index contributed by atoms with van der Waals surface area (Å²) in [6.45, 7) is 15.2. The Balaban J connectivity index is 0. The van der Waals surface area contributed by atoms with Gasteiger partial charge in [0.05, 0.1) is 13.2 Å². The quantitative estimate of drug-likeness (QED) is 0.335. The van der Waals surface area contributed by atoms with Crippen LogP contribution in [0, 0.1) is 0 Å². The Morgan fingerprint density at radius 3 is 1.24 bits per heavy atom. The molecular formula is C20H41NO4. The molecule has 0 aliphatic carbocycles. The molecule has 0 N–H and O–H groups in total. The van der Waals surface area contributed by atoms with Crippen molar-refractivity contribution in [1.29, 1.82) is 0 Å². The van der Waals surface area contributed by atoms with Gasteiger partial charge < -0.3 is 14.4 Å². The molecule has 5 heteroatoms. The number of nitrogens with zero attached hydrogens (tertiary/aromatic N) is 1. The fourth-order valence-electron chi connectivity index (χ4n) is 2.01. The standard InChI is InChI=1S/C14H26O4.C6H15N/c1-3-5-11-17-13(15)9-7-8-10-14(16)18-12-6-4-2;1-4-7(5-2)6-3/h3-12H2,1-2H3;4-6H2,1-3H3. The van der Waals surface area contributed by atoms with Crippen LogP contribution in [0.15, 0.2) is 0 Å². The van der Waals surface area contributed by atoms with Crippen LogP contribution in [0.4, 0.5) is 0 Å². The third-order valence-corrected chi connectivity index (χ3v) is 3.88. The van der Waals surface area contributed by atoms with Crippen molar-refractivity contribution in [3.05, 3.63) is 0 Å². The predicted molar refractivity (Wildman–Crippen MR) is 104 cm³/mol. The molecule has 0 atom stereocenters. The van der Waals surface area contributed by atoms with Gasteiger partial charge >= 0.3 is 11.9 Å². The highest BCUT2D eigenvalue weighted by Crippen LogP contribution is 2.04. The van der Waals surface area contributed by atoms with Gasteiger partial charge in [-0.2, -0.15) is 0 Å². The lowest BCUT2D eigenvalue weighted by atomic mass is 10.2. The summed E-state index contributed by atoms with van der Waals surface area (Å²) in [5.74, 6) is -0.328. The molecule has 0 rings (SSSR count). The van der Waals surface area contributed by atoms with Crippen LogP contribution in [-0.4, -0.2) is 49.7 Å². The molecule has 0 spiro atoms. The molecule has 0 aliphatic rings. The Hall–Kier alpha value is -1.10. The fraction of sp³-hybridized carbons (Fsp3) is 0.900. The van der Waals surface area contributed by atoms with E-state index < -0.39 is 0 Å². The second-order valence-corrected chi connectivity index (χ2v) is 5.97. The Morgan fingerprint density at radius 2 is 1.00 bits per heavy atom. The van der Waals surface area contributed by atoms with Crippen molar-refractivity contribution in [3.63, 3.8) is 0 Å². The summed E-state index contributed by atoms with van der Waals surface area (Å²) in [7, 11) is 0. The highest BCUT2D eigenvalue weighted by atomic mass is 16.5. The number of unbranched alkanes of at least 4 members (excludes halogenated alkanes) is 3. The number of carbonyl (C=O) groups is 2. The molecule has 25 heavy (non-hydrogen) atoms. The van der Waals surface area contributed by atoms with Crippen molar-refractivity contribution in [3.8, 4) is 0 Å². The van der Waals surface area contributed by atoms with Crippen molar-refractivity contribution in [1.82, 2.24) is 4.90 Å². The first-order valence-corrected chi connectivity index (χ1v) is 10.1. The average Bonchev–Trinajstić information content (AvgIpc) is 2.61. The van der Waals surface area contributed by atoms with E-state index in [1.165, 1.54) is 19.6 Å². The number of ether oxygens (including phenoxy) is 2. The van der Waals surface area contributed by atoms with Crippen molar-refractivity contribution in [2.45, 2.75) is 86.0 Å². The van der Waals surface area contributed by atoms with E-state index in [4.69, 9.17) is 9.47 Å². The van der Waals surface area contributed by atoms with Gasteiger partial charge in [0, 0.05) is 12.8 Å². The van der Waals surface area contributed by atoms with Gasteiger partial charge in [-0.3, -0.25) is 9.59 Å². The van der Waals surface area contributed by atoms with E-state index in [1.54, 1.807) is 0 Å². The van der Waals surface area contributed by atoms with Crippen LogP contribution in [0.25, 0.3) is 0 Å².